The number of aromatic nitrogens is 3. The molecule has 20 heavy (non-hydrogen) atoms. The Labute approximate surface area is 114 Å². The van der Waals surface area contributed by atoms with Gasteiger partial charge >= 0.3 is 0 Å². The Bertz CT molecular complexity index is 831. The second-order valence-corrected chi connectivity index (χ2v) is 4.35. The van der Waals surface area contributed by atoms with Gasteiger partial charge in [-0.3, -0.25) is 0 Å². The number of pyridine rings is 1. The molecule has 1 aromatic carbocycles. The highest BCUT2D eigenvalue weighted by molar-refractivity contribution is 5.78. The van der Waals surface area contributed by atoms with Crippen LogP contribution in [-0.2, 0) is 7.05 Å². The van der Waals surface area contributed by atoms with Gasteiger partial charge in [0.05, 0.1) is 35.4 Å². The zero-order chi connectivity index (χ0) is 14.1. The summed E-state index contributed by atoms with van der Waals surface area (Å²) >= 11 is 0. The first kappa shape index (κ1) is 12.1. The SMILES string of the molecule is Cn1cnc2cnc(Nc3ccc(C#N)cc3F)cc21. The number of nitrogens with zero attached hydrogens (tertiary/aromatic N) is 4. The Balaban J connectivity index is 1.96. The van der Waals surface area contributed by atoms with Crippen LogP contribution in [0.15, 0.2) is 36.8 Å². The van der Waals surface area contributed by atoms with Gasteiger partial charge in [0.25, 0.3) is 0 Å². The molecule has 0 aliphatic rings. The van der Waals surface area contributed by atoms with Crippen molar-refractivity contribution in [2.45, 2.75) is 0 Å². The molecule has 6 heteroatoms. The zero-order valence-corrected chi connectivity index (χ0v) is 10.6. The highest BCUT2D eigenvalue weighted by Crippen LogP contribution is 2.21. The summed E-state index contributed by atoms with van der Waals surface area (Å²) in [6, 6.07) is 7.94. The maximum atomic E-state index is 13.8. The van der Waals surface area contributed by atoms with E-state index in [1.165, 1.54) is 12.1 Å². The van der Waals surface area contributed by atoms with Crippen LogP contribution >= 0.6 is 0 Å². The quantitative estimate of drug-likeness (QED) is 0.775. The Hall–Kier alpha value is -2.94. The van der Waals surface area contributed by atoms with E-state index in [4.69, 9.17) is 5.26 Å². The van der Waals surface area contributed by atoms with Crippen LogP contribution < -0.4 is 5.32 Å². The summed E-state index contributed by atoms with van der Waals surface area (Å²) in [5.74, 6) is 0.0284. The van der Waals surface area contributed by atoms with E-state index in [2.05, 4.69) is 15.3 Å². The van der Waals surface area contributed by atoms with Crippen molar-refractivity contribution in [3.8, 4) is 6.07 Å². The molecule has 0 aliphatic heterocycles. The van der Waals surface area contributed by atoms with Gasteiger partial charge in [0.2, 0.25) is 0 Å². The average molecular weight is 267 g/mol. The van der Waals surface area contributed by atoms with Crippen LogP contribution in [0, 0.1) is 17.1 Å². The lowest BCUT2D eigenvalue weighted by Gasteiger charge is -2.07. The van der Waals surface area contributed by atoms with Crippen molar-refractivity contribution in [3.63, 3.8) is 0 Å². The number of nitriles is 1. The molecule has 1 N–H and O–H groups in total. The third kappa shape index (κ3) is 2.06. The van der Waals surface area contributed by atoms with E-state index < -0.39 is 5.82 Å². The molecule has 0 saturated carbocycles. The van der Waals surface area contributed by atoms with Crippen molar-refractivity contribution in [3.05, 3.63) is 48.2 Å². The number of fused-ring (bicyclic) bond motifs is 1. The van der Waals surface area contributed by atoms with Crippen LogP contribution in [0.1, 0.15) is 5.56 Å². The van der Waals surface area contributed by atoms with E-state index in [0.29, 0.717) is 5.82 Å². The van der Waals surface area contributed by atoms with Gasteiger partial charge in [-0.05, 0) is 18.2 Å². The number of hydrogen-bond donors (Lipinski definition) is 1. The molecule has 0 unspecified atom stereocenters. The standard InChI is InChI=1S/C14H10FN5/c1-20-8-18-12-7-17-14(5-13(12)20)19-11-3-2-9(6-16)4-10(11)15/h2-5,7-8H,1H3,(H,17,19). The molecule has 0 radical (unpaired) electrons. The first-order chi connectivity index (χ1) is 9.67. The van der Waals surface area contributed by atoms with Crippen LogP contribution in [0.3, 0.4) is 0 Å². The first-order valence-electron chi connectivity index (χ1n) is 5.91. The predicted octanol–water partition coefficient (Wildman–Crippen LogP) is 2.72. The molecule has 3 rings (SSSR count). The summed E-state index contributed by atoms with van der Waals surface area (Å²) in [7, 11) is 1.88. The topological polar surface area (TPSA) is 66.5 Å². The van der Waals surface area contributed by atoms with Gasteiger partial charge in [0.15, 0.2) is 0 Å². The monoisotopic (exact) mass is 267 g/mol. The van der Waals surface area contributed by atoms with Crippen LogP contribution in [-0.4, -0.2) is 14.5 Å². The lowest BCUT2D eigenvalue weighted by molar-refractivity contribution is 0.631. The Kier molecular flexibility index (Phi) is 2.80. The fourth-order valence-electron chi connectivity index (χ4n) is 1.92. The number of imidazole rings is 1. The maximum Gasteiger partial charge on any atom is 0.147 e. The van der Waals surface area contributed by atoms with Crippen molar-refractivity contribution in [1.29, 1.82) is 5.26 Å². The number of anilines is 2. The summed E-state index contributed by atoms with van der Waals surface area (Å²) < 4.78 is 15.7. The zero-order valence-electron chi connectivity index (χ0n) is 10.6. The third-order valence-corrected chi connectivity index (χ3v) is 2.97. The molecule has 98 valence electrons. The summed E-state index contributed by atoms with van der Waals surface area (Å²) in [6.07, 6.45) is 3.32. The van der Waals surface area contributed by atoms with E-state index in [-0.39, 0.29) is 11.3 Å². The van der Waals surface area contributed by atoms with Gasteiger partial charge in [0.1, 0.15) is 17.2 Å². The van der Waals surface area contributed by atoms with E-state index in [9.17, 15) is 4.39 Å². The Morgan fingerprint density at radius 1 is 1.30 bits per heavy atom. The summed E-state index contributed by atoms with van der Waals surface area (Å²) in [5.41, 5.74) is 2.23. The highest BCUT2D eigenvalue weighted by Gasteiger charge is 2.07. The smallest absolute Gasteiger partial charge is 0.147 e. The first-order valence-corrected chi connectivity index (χ1v) is 5.91. The van der Waals surface area contributed by atoms with Gasteiger partial charge in [0, 0.05) is 13.1 Å². The van der Waals surface area contributed by atoms with Crippen molar-refractivity contribution >= 4 is 22.5 Å². The van der Waals surface area contributed by atoms with Crippen molar-refractivity contribution in [2.24, 2.45) is 7.05 Å². The molecule has 0 aliphatic carbocycles. The van der Waals surface area contributed by atoms with E-state index in [1.807, 2.05) is 17.7 Å². The second kappa shape index (κ2) is 4.63. The molecule has 0 atom stereocenters. The summed E-state index contributed by atoms with van der Waals surface area (Å²) in [4.78, 5) is 8.35. The molecule has 0 saturated heterocycles. The van der Waals surface area contributed by atoms with Crippen molar-refractivity contribution in [2.75, 3.05) is 5.32 Å². The minimum atomic E-state index is -0.490. The average Bonchev–Trinajstić information content (AvgIpc) is 2.82. The molecule has 2 aromatic heterocycles. The molecular formula is C14H10FN5. The number of rotatable bonds is 2. The van der Waals surface area contributed by atoms with Crippen molar-refractivity contribution in [1.82, 2.24) is 14.5 Å². The number of nitrogens with one attached hydrogen (secondary N) is 1. The largest absolute Gasteiger partial charge is 0.338 e. The fourth-order valence-corrected chi connectivity index (χ4v) is 1.92. The normalized spacial score (nSPS) is 10.4. The Morgan fingerprint density at radius 3 is 2.90 bits per heavy atom. The molecule has 0 fully saturated rings. The molecule has 0 bridgehead atoms. The lowest BCUT2D eigenvalue weighted by atomic mass is 10.2. The summed E-state index contributed by atoms with van der Waals surface area (Å²) in [6.45, 7) is 0. The third-order valence-electron chi connectivity index (χ3n) is 2.97. The number of hydrogen-bond acceptors (Lipinski definition) is 4. The number of aryl methyl sites for hydroxylation is 1. The van der Waals surface area contributed by atoms with E-state index in [0.717, 1.165) is 11.0 Å². The molecule has 2 heterocycles. The summed E-state index contributed by atoms with van der Waals surface area (Å²) in [5, 5.41) is 11.6. The van der Waals surface area contributed by atoms with Crippen LogP contribution in [0.25, 0.3) is 11.0 Å². The van der Waals surface area contributed by atoms with E-state index in [1.54, 1.807) is 24.7 Å². The van der Waals surface area contributed by atoms with Gasteiger partial charge in [-0.2, -0.15) is 5.26 Å². The number of halogens is 1. The van der Waals surface area contributed by atoms with E-state index >= 15 is 0 Å². The van der Waals surface area contributed by atoms with Gasteiger partial charge in [-0.25, -0.2) is 14.4 Å². The van der Waals surface area contributed by atoms with Gasteiger partial charge in [-0.1, -0.05) is 0 Å². The molecule has 0 amide bonds. The maximum absolute atomic E-state index is 13.8. The molecule has 3 aromatic rings. The number of benzene rings is 1. The predicted molar refractivity (Wildman–Crippen MR) is 72.9 cm³/mol. The Morgan fingerprint density at radius 2 is 2.15 bits per heavy atom. The fraction of sp³-hybridized carbons (Fsp3) is 0.0714. The minimum Gasteiger partial charge on any atom is -0.338 e. The van der Waals surface area contributed by atoms with Crippen LogP contribution in [0.5, 0.6) is 0 Å². The van der Waals surface area contributed by atoms with Crippen LogP contribution in [0.2, 0.25) is 0 Å². The van der Waals surface area contributed by atoms with Crippen LogP contribution in [0.4, 0.5) is 15.9 Å². The highest BCUT2D eigenvalue weighted by atomic mass is 19.1. The lowest BCUT2D eigenvalue weighted by Crippen LogP contribution is -1.97. The van der Waals surface area contributed by atoms with Gasteiger partial charge in [-0.15, -0.1) is 0 Å². The second-order valence-electron chi connectivity index (χ2n) is 4.35. The minimum absolute atomic E-state index is 0.276. The molecule has 5 nitrogen and oxygen atoms in total. The molecular weight excluding hydrogens is 257 g/mol. The van der Waals surface area contributed by atoms with Gasteiger partial charge < -0.3 is 9.88 Å². The molecule has 0 spiro atoms. The van der Waals surface area contributed by atoms with Crippen molar-refractivity contribution < 1.29 is 4.39 Å².